The van der Waals surface area contributed by atoms with Gasteiger partial charge in [0, 0.05) is 17.4 Å². The van der Waals surface area contributed by atoms with Crippen molar-refractivity contribution in [1.82, 2.24) is 0 Å². The lowest BCUT2D eigenvalue weighted by atomic mass is 9.96. The molecular formula is C23H19ClF3NO5. The summed E-state index contributed by atoms with van der Waals surface area (Å²) in [6.07, 6.45) is -0.728. The summed E-state index contributed by atoms with van der Waals surface area (Å²) in [6, 6.07) is 8.33. The van der Waals surface area contributed by atoms with Crippen molar-refractivity contribution in [2.45, 2.75) is 31.9 Å². The largest absolute Gasteiger partial charge is 0.482 e. The van der Waals surface area contributed by atoms with E-state index < -0.39 is 42.5 Å². The van der Waals surface area contributed by atoms with Gasteiger partial charge in [-0.25, -0.2) is 4.79 Å². The summed E-state index contributed by atoms with van der Waals surface area (Å²) >= 11 is 5.79. The van der Waals surface area contributed by atoms with Gasteiger partial charge in [-0.15, -0.1) is 0 Å². The highest BCUT2D eigenvalue weighted by molar-refractivity contribution is 6.34. The molecule has 10 heteroatoms. The molecule has 0 saturated carbocycles. The summed E-state index contributed by atoms with van der Waals surface area (Å²) in [5, 5.41) is 2.69. The number of fused-ring (bicyclic) bond motifs is 3. The quantitative estimate of drug-likeness (QED) is 0.467. The van der Waals surface area contributed by atoms with Crippen molar-refractivity contribution in [2.24, 2.45) is 0 Å². The highest BCUT2D eigenvalue weighted by Crippen LogP contribution is 2.38. The van der Waals surface area contributed by atoms with E-state index in [2.05, 4.69) is 0 Å². The predicted octanol–water partition coefficient (Wildman–Crippen LogP) is 5.54. The number of aryl methyl sites for hydroxylation is 2. The van der Waals surface area contributed by atoms with Crippen LogP contribution in [-0.2, 0) is 33.3 Å². The zero-order chi connectivity index (χ0) is 23.6. The minimum Gasteiger partial charge on any atom is -0.482 e. The summed E-state index contributed by atoms with van der Waals surface area (Å²) in [5.41, 5.74) is 0.209. The third-order valence-electron chi connectivity index (χ3n) is 5.23. The second kappa shape index (κ2) is 9.35. The van der Waals surface area contributed by atoms with Gasteiger partial charge in [-0.1, -0.05) is 17.7 Å². The predicted molar refractivity (Wildman–Crippen MR) is 114 cm³/mol. The molecule has 1 aromatic heterocycles. The summed E-state index contributed by atoms with van der Waals surface area (Å²) in [5.74, 6) is -0.405. The Morgan fingerprint density at radius 1 is 1.09 bits per heavy atom. The van der Waals surface area contributed by atoms with Crippen LogP contribution in [0.25, 0.3) is 11.0 Å². The SMILES string of the molecule is O=C(COC(=O)COc1ccc2oc3c(c2c1)CCCC3)Nc1c(Cl)cccc1C(F)(F)F. The van der Waals surface area contributed by atoms with Gasteiger partial charge in [-0.2, -0.15) is 13.2 Å². The Morgan fingerprint density at radius 2 is 1.88 bits per heavy atom. The lowest BCUT2D eigenvalue weighted by Gasteiger charge is -2.15. The third-order valence-corrected chi connectivity index (χ3v) is 5.55. The number of nitrogens with one attached hydrogen (secondary N) is 1. The van der Waals surface area contributed by atoms with Crippen LogP contribution in [0.2, 0.25) is 5.02 Å². The molecule has 0 saturated heterocycles. The van der Waals surface area contributed by atoms with E-state index >= 15 is 0 Å². The van der Waals surface area contributed by atoms with Crippen molar-refractivity contribution in [3.05, 3.63) is 58.3 Å². The summed E-state index contributed by atoms with van der Waals surface area (Å²) in [7, 11) is 0. The maximum absolute atomic E-state index is 13.1. The number of para-hydroxylation sites is 1. The van der Waals surface area contributed by atoms with E-state index in [0.717, 1.165) is 60.1 Å². The Kier molecular flexibility index (Phi) is 6.51. The van der Waals surface area contributed by atoms with Crippen molar-refractivity contribution in [1.29, 1.82) is 0 Å². The first-order chi connectivity index (χ1) is 15.7. The number of ether oxygens (including phenoxy) is 2. The number of esters is 1. The second-order valence-electron chi connectivity index (χ2n) is 7.53. The zero-order valence-corrected chi connectivity index (χ0v) is 18.0. The molecule has 0 bridgehead atoms. The molecule has 1 amide bonds. The molecule has 4 rings (SSSR count). The molecule has 0 unspecified atom stereocenters. The van der Waals surface area contributed by atoms with Crippen molar-refractivity contribution >= 4 is 40.1 Å². The second-order valence-corrected chi connectivity index (χ2v) is 7.93. The number of carbonyl (C=O) groups is 2. The van der Waals surface area contributed by atoms with Crippen LogP contribution in [0.4, 0.5) is 18.9 Å². The smallest absolute Gasteiger partial charge is 0.418 e. The van der Waals surface area contributed by atoms with E-state index in [0.29, 0.717) is 5.75 Å². The first-order valence-electron chi connectivity index (χ1n) is 10.2. The molecule has 0 aliphatic heterocycles. The highest BCUT2D eigenvalue weighted by atomic mass is 35.5. The maximum atomic E-state index is 13.1. The molecule has 6 nitrogen and oxygen atoms in total. The molecular weight excluding hydrogens is 463 g/mol. The third kappa shape index (κ3) is 5.24. The monoisotopic (exact) mass is 481 g/mol. The van der Waals surface area contributed by atoms with Crippen LogP contribution in [0.1, 0.15) is 29.7 Å². The summed E-state index contributed by atoms with van der Waals surface area (Å²) < 4.78 is 55.4. The van der Waals surface area contributed by atoms with Crippen LogP contribution in [0.15, 0.2) is 40.8 Å². The Balaban J connectivity index is 1.32. The number of furan rings is 1. The van der Waals surface area contributed by atoms with E-state index in [-0.39, 0.29) is 5.02 Å². The molecule has 1 aliphatic carbocycles. The molecule has 1 heterocycles. The van der Waals surface area contributed by atoms with Crippen molar-refractivity contribution < 1.29 is 36.7 Å². The number of carbonyl (C=O) groups excluding carboxylic acids is 2. The Morgan fingerprint density at radius 3 is 2.67 bits per heavy atom. The molecule has 0 spiro atoms. The fraction of sp³-hybridized carbons (Fsp3) is 0.304. The lowest BCUT2D eigenvalue weighted by molar-refractivity contribution is -0.149. The van der Waals surface area contributed by atoms with Crippen LogP contribution < -0.4 is 10.1 Å². The Bertz CT molecular complexity index is 1200. The van der Waals surface area contributed by atoms with Crippen LogP contribution in [0.3, 0.4) is 0 Å². The van der Waals surface area contributed by atoms with Gasteiger partial charge in [0.25, 0.3) is 5.91 Å². The van der Waals surface area contributed by atoms with Crippen LogP contribution in [-0.4, -0.2) is 25.1 Å². The fourth-order valence-corrected chi connectivity index (χ4v) is 3.95. The molecule has 0 fully saturated rings. The van der Waals surface area contributed by atoms with Gasteiger partial charge >= 0.3 is 12.1 Å². The van der Waals surface area contributed by atoms with Crippen molar-refractivity contribution in [3.8, 4) is 5.75 Å². The lowest BCUT2D eigenvalue weighted by Crippen LogP contribution is -2.25. The number of amides is 1. The highest BCUT2D eigenvalue weighted by Gasteiger charge is 2.34. The standard InChI is InChI=1S/C23H19ClF3NO5/c24-17-6-3-5-16(23(25,26)27)22(17)28-20(29)11-32-21(30)12-31-13-8-9-19-15(10-13)14-4-1-2-7-18(14)33-19/h3,5-6,8-10H,1-2,4,7,11-12H2,(H,28,29). The number of anilines is 1. The fourth-order valence-electron chi connectivity index (χ4n) is 3.72. The molecule has 0 radical (unpaired) electrons. The zero-order valence-electron chi connectivity index (χ0n) is 17.3. The van der Waals surface area contributed by atoms with E-state index in [9.17, 15) is 22.8 Å². The molecule has 1 N–H and O–H groups in total. The van der Waals surface area contributed by atoms with Gasteiger partial charge < -0.3 is 19.2 Å². The van der Waals surface area contributed by atoms with Crippen molar-refractivity contribution in [2.75, 3.05) is 18.5 Å². The maximum Gasteiger partial charge on any atom is 0.418 e. The number of hydrogen-bond donors (Lipinski definition) is 1. The normalized spacial score (nSPS) is 13.5. The van der Waals surface area contributed by atoms with Gasteiger partial charge in [0.2, 0.25) is 0 Å². The van der Waals surface area contributed by atoms with Crippen LogP contribution in [0.5, 0.6) is 5.75 Å². The molecule has 1 aliphatic rings. The van der Waals surface area contributed by atoms with Gasteiger partial charge in [0.05, 0.1) is 16.3 Å². The topological polar surface area (TPSA) is 77.8 Å². The number of benzene rings is 2. The molecule has 33 heavy (non-hydrogen) atoms. The van der Waals surface area contributed by atoms with Crippen molar-refractivity contribution in [3.63, 3.8) is 0 Å². The Hall–Kier alpha value is -3.20. The summed E-state index contributed by atoms with van der Waals surface area (Å²) in [6.45, 7) is -1.27. The summed E-state index contributed by atoms with van der Waals surface area (Å²) in [4.78, 5) is 24.0. The van der Waals surface area contributed by atoms with E-state index in [1.807, 2.05) is 5.32 Å². The van der Waals surface area contributed by atoms with E-state index in [4.69, 9.17) is 25.5 Å². The minimum absolute atomic E-state index is 0.287. The average molecular weight is 482 g/mol. The first-order valence-corrected chi connectivity index (χ1v) is 10.6. The molecule has 2 aromatic carbocycles. The van der Waals surface area contributed by atoms with E-state index in [1.54, 1.807) is 18.2 Å². The van der Waals surface area contributed by atoms with Crippen LogP contribution in [0, 0.1) is 0 Å². The Labute approximate surface area is 191 Å². The minimum atomic E-state index is -4.71. The van der Waals surface area contributed by atoms with Gasteiger partial charge in [-0.3, -0.25) is 4.79 Å². The molecule has 174 valence electrons. The number of hydrogen-bond acceptors (Lipinski definition) is 5. The van der Waals surface area contributed by atoms with Gasteiger partial charge in [0.15, 0.2) is 13.2 Å². The number of alkyl halides is 3. The van der Waals surface area contributed by atoms with Crippen LogP contribution >= 0.6 is 11.6 Å². The number of halogens is 4. The number of rotatable bonds is 6. The van der Waals surface area contributed by atoms with Gasteiger partial charge in [0.1, 0.15) is 17.1 Å². The average Bonchev–Trinajstić information content (AvgIpc) is 3.15. The van der Waals surface area contributed by atoms with Gasteiger partial charge in [-0.05, 0) is 49.6 Å². The van der Waals surface area contributed by atoms with E-state index in [1.165, 1.54) is 6.07 Å². The first kappa shape index (κ1) is 23.0. The molecule has 3 aromatic rings. The molecule has 0 atom stereocenters.